The van der Waals surface area contributed by atoms with Gasteiger partial charge in [-0.05, 0) is 43.7 Å². The Labute approximate surface area is 116 Å². The summed E-state index contributed by atoms with van der Waals surface area (Å²) in [6, 6.07) is 6.51. The van der Waals surface area contributed by atoms with Crippen molar-refractivity contribution in [1.82, 2.24) is 5.32 Å². The van der Waals surface area contributed by atoms with Crippen LogP contribution in [0.4, 0.5) is 18.9 Å². The average Bonchev–Trinajstić information content (AvgIpc) is 2.84. The second-order valence-corrected chi connectivity index (χ2v) is 4.93. The standard InChI is InChI=1S/C14H19F3N2O/c1-2-8-18-11-7-9-19(10-11)12-3-5-13(6-4-12)20-14(15,16)17/h3-6,11,18H,2,7-10H2,1H3. The van der Waals surface area contributed by atoms with E-state index in [4.69, 9.17) is 0 Å². The molecule has 0 aliphatic carbocycles. The Hall–Kier alpha value is -1.43. The zero-order chi connectivity index (χ0) is 14.6. The van der Waals surface area contributed by atoms with Crippen LogP contribution in [0.2, 0.25) is 0 Å². The number of nitrogens with one attached hydrogen (secondary N) is 1. The van der Waals surface area contributed by atoms with E-state index in [1.165, 1.54) is 12.1 Å². The van der Waals surface area contributed by atoms with Crippen LogP contribution in [0.3, 0.4) is 0 Å². The maximum Gasteiger partial charge on any atom is 0.573 e. The topological polar surface area (TPSA) is 24.5 Å². The van der Waals surface area contributed by atoms with E-state index in [0.717, 1.165) is 38.2 Å². The molecule has 1 N–H and O–H groups in total. The Bertz CT molecular complexity index is 419. The zero-order valence-corrected chi connectivity index (χ0v) is 11.4. The van der Waals surface area contributed by atoms with Crippen molar-refractivity contribution in [1.29, 1.82) is 0 Å². The highest BCUT2D eigenvalue weighted by Crippen LogP contribution is 2.26. The minimum absolute atomic E-state index is 0.180. The Morgan fingerprint density at radius 2 is 2.00 bits per heavy atom. The molecule has 1 unspecified atom stereocenters. The van der Waals surface area contributed by atoms with Crippen LogP contribution in [-0.4, -0.2) is 32.0 Å². The molecular weight excluding hydrogens is 269 g/mol. The molecule has 0 saturated carbocycles. The van der Waals surface area contributed by atoms with Gasteiger partial charge in [0.15, 0.2) is 0 Å². The highest BCUT2D eigenvalue weighted by Gasteiger charge is 2.31. The summed E-state index contributed by atoms with van der Waals surface area (Å²) in [6.07, 6.45) is -2.48. The fourth-order valence-corrected chi connectivity index (χ4v) is 2.37. The summed E-state index contributed by atoms with van der Waals surface area (Å²) >= 11 is 0. The van der Waals surface area contributed by atoms with Gasteiger partial charge >= 0.3 is 6.36 Å². The number of benzene rings is 1. The third-order valence-electron chi connectivity index (χ3n) is 3.31. The molecule has 1 saturated heterocycles. The molecular formula is C14H19F3N2O. The molecule has 0 spiro atoms. The number of anilines is 1. The van der Waals surface area contributed by atoms with Gasteiger partial charge in [0, 0.05) is 24.8 Å². The number of nitrogens with zero attached hydrogens (tertiary/aromatic N) is 1. The van der Waals surface area contributed by atoms with Gasteiger partial charge in [-0.25, -0.2) is 0 Å². The van der Waals surface area contributed by atoms with E-state index in [1.807, 2.05) is 0 Å². The predicted molar refractivity (Wildman–Crippen MR) is 72.0 cm³/mol. The first-order valence-corrected chi connectivity index (χ1v) is 6.82. The lowest BCUT2D eigenvalue weighted by atomic mass is 10.2. The first kappa shape index (κ1) is 15.0. The fourth-order valence-electron chi connectivity index (χ4n) is 2.37. The number of rotatable bonds is 5. The van der Waals surface area contributed by atoms with Crippen molar-refractivity contribution < 1.29 is 17.9 Å². The van der Waals surface area contributed by atoms with E-state index >= 15 is 0 Å². The van der Waals surface area contributed by atoms with Gasteiger partial charge in [0.2, 0.25) is 0 Å². The van der Waals surface area contributed by atoms with Crippen molar-refractivity contribution >= 4 is 5.69 Å². The molecule has 1 heterocycles. The molecule has 6 heteroatoms. The first-order chi connectivity index (χ1) is 9.48. The largest absolute Gasteiger partial charge is 0.573 e. The molecule has 0 amide bonds. The molecule has 0 bridgehead atoms. The minimum atomic E-state index is -4.63. The van der Waals surface area contributed by atoms with Crippen LogP contribution in [0.25, 0.3) is 0 Å². The number of ether oxygens (including phenoxy) is 1. The molecule has 1 fully saturated rings. The maximum absolute atomic E-state index is 12.1. The molecule has 1 aliphatic heterocycles. The quantitative estimate of drug-likeness (QED) is 0.900. The van der Waals surface area contributed by atoms with Gasteiger partial charge in [0.1, 0.15) is 5.75 Å². The van der Waals surface area contributed by atoms with Crippen molar-refractivity contribution in [3.8, 4) is 5.75 Å². The molecule has 1 atom stereocenters. The molecule has 1 aromatic rings. The maximum atomic E-state index is 12.1. The Morgan fingerprint density at radius 1 is 1.30 bits per heavy atom. The smallest absolute Gasteiger partial charge is 0.406 e. The van der Waals surface area contributed by atoms with E-state index in [9.17, 15) is 13.2 Å². The van der Waals surface area contributed by atoms with Crippen LogP contribution in [-0.2, 0) is 0 Å². The van der Waals surface area contributed by atoms with Gasteiger partial charge in [0.05, 0.1) is 0 Å². The summed E-state index contributed by atoms with van der Waals surface area (Å²) in [7, 11) is 0. The lowest BCUT2D eigenvalue weighted by molar-refractivity contribution is -0.274. The van der Waals surface area contributed by atoms with Crippen LogP contribution < -0.4 is 15.0 Å². The summed E-state index contributed by atoms with van der Waals surface area (Å²) in [6.45, 7) is 4.93. The minimum Gasteiger partial charge on any atom is -0.406 e. The summed E-state index contributed by atoms with van der Waals surface area (Å²) in [5, 5.41) is 3.46. The predicted octanol–water partition coefficient (Wildman–Crippen LogP) is 3.16. The molecule has 112 valence electrons. The molecule has 0 radical (unpaired) electrons. The van der Waals surface area contributed by atoms with Gasteiger partial charge in [-0.15, -0.1) is 13.2 Å². The van der Waals surface area contributed by atoms with E-state index in [2.05, 4.69) is 21.9 Å². The highest BCUT2D eigenvalue weighted by atomic mass is 19.4. The van der Waals surface area contributed by atoms with Crippen molar-refractivity contribution in [3.63, 3.8) is 0 Å². The van der Waals surface area contributed by atoms with Crippen LogP contribution in [0, 0.1) is 0 Å². The summed E-state index contributed by atoms with van der Waals surface area (Å²) in [4.78, 5) is 2.17. The van der Waals surface area contributed by atoms with Crippen LogP contribution in [0.15, 0.2) is 24.3 Å². The lowest BCUT2D eigenvalue weighted by Crippen LogP contribution is -2.32. The molecule has 20 heavy (non-hydrogen) atoms. The Morgan fingerprint density at radius 3 is 2.60 bits per heavy atom. The van der Waals surface area contributed by atoms with Crippen molar-refractivity contribution in [2.75, 3.05) is 24.5 Å². The van der Waals surface area contributed by atoms with Gasteiger partial charge < -0.3 is 15.0 Å². The van der Waals surface area contributed by atoms with E-state index in [0.29, 0.717) is 6.04 Å². The summed E-state index contributed by atoms with van der Waals surface area (Å²) < 4.78 is 40.1. The first-order valence-electron chi connectivity index (χ1n) is 6.82. The van der Waals surface area contributed by atoms with E-state index in [1.54, 1.807) is 12.1 Å². The lowest BCUT2D eigenvalue weighted by Gasteiger charge is -2.19. The number of alkyl halides is 3. The summed E-state index contributed by atoms with van der Waals surface area (Å²) in [5.41, 5.74) is 0.931. The average molecular weight is 288 g/mol. The van der Waals surface area contributed by atoms with Crippen LogP contribution >= 0.6 is 0 Å². The Kier molecular flexibility index (Phi) is 4.75. The second kappa shape index (κ2) is 6.35. The zero-order valence-electron chi connectivity index (χ0n) is 11.4. The fraction of sp³-hybridized carbons (Fsp3) is 0.571. The third kappa shape index (κ3) is 4.30. The van der Waals surface area contributed by atoms with Gasteiger partial charge in [-0.2, -0.15) is 0 Å². The van der Waals surface area contributed by atoms with E-state index in [-0.39, 0.29) is 5.75 Å². The van der Waals surface area contributed by atoms with Gasteiger partial charge in [-0.1, -0.05) is 6.92 Å². The van der Waals surface area contributed by atoms with E-state index < -0.39 is 6.36 Å². The monoisotopic (exact) mass is 288 g/mol. The number of halogens is 3. The summed E-state index contributed by atoms with van der Waals surface area (Å²) in [5.74, 6) is -0.180. The number of hydrogen-bond acceptors (Lipinski definition) is 3. The van der Waals surface area contributed by atoms with Crippen LogP contribution in [0.1, 0.15) is 19.8 Å². The van der Waals surface area contributed by atoms with Gasteiger partial charge in [-0.3, -0.25) is 0 Å². The van der Waals surface area contributed by atoms with Crippen molar-refractivity contribution in [2.45, 2.75) is 32.2 Å². The van der Waals surface area contributed by atoms with Crippen LogP contribution in [0.5, 0.6) is 5.75 Å². The van der Waals surface area contributed by atoms with Crippen molar-refractivity contribution in [2.24, 2.45) is 0 Å². The Balaban J connectivity index is 1.91. The van der Waals surface area contributed by atoms with Crippen molar-refractivity contribution in [3.05, 3.63) is 24.3 Å². The SMILES string of the molecule is CCCNC1CCN(c2ccc(OC(F)(F)F)cc2)C1. The molecule has 1 aromatic carbocycles. The molecule has 1 aliphatic rings. The second-order valence-electron chi connectivity index (χ2n) is 4.93. The van der Waals surface area contributed by atoms with Gasteiger partial charge in [0.25, 0.3) is 0 Å². The molecule has 2 rings (SSSR count). The number of hydrogen-bond donors (Lipinski definition) is 1. The normalized spacial score (nSPS) is 19.4. The molecule has 0 aromatic heterocycles. The highest BCUT2D eigenvalue weighted by molar-refractivity contribution is 5.50. The third-order valence-corrected chi connectivity index (χ3v) is 3.31. The molecule has 3 nitrogen and oxygen atoms in total.